The van der Waals surface area contributed by atoms with Crippen molar-refractivity contribution >= 4 is 29.2 Å². The van der Waals surface area contributed by atoms with Gasteiger partial charge in [0, 0.05) is 18.7 Å². The Labute approximate surface area is 169 Å². The Hall–Kier alpha value is -2.85. The van der Waals surface area contributed by atoms with E-state index in [2.05, 4.69) is 20.4 Å². The van der Waals surface area contributed by atoms with E-state index in [0.717, 1.165) is 0 Å². The van der Waals surface area contributed by atoms with Crippen molar-refractivity contribution in [1.82, 2.24) is 10.3 Å². The Balaban J connectivity index is 1.81. The Morgan fingerprint density at radius 2 is 1.97 bits per heavy atom. The van der Waals surface area contributed by atoms with Gasteiger partial charge in [0.1, 0.15) is 18.2 Å². The average Bonchev–Trinajstić information content (AvgIpc) is 2.63. The number of ether oxygens (including phenoxy) is 2. The number of anilines is 1. The molecular weight excluding hydrogens is 415 g/mol. The normalized spacial score (nSPS) is 11.1. The molecule has 2 amide bonds. The first-order chi connectivity index (χ1) is 13.6. The molecule has 1 aromatic carbocycles. The molecule has 0 atom stereocenters. The smallest absolute Gasteiger partial charge is 0.490 e. The molecule has 0 aliphatic heterocycles. The number of rotatable bonds is 8. The van der Waals surface area contributed by atoms with Crippen LogP contribution < -0.4 is 15.4 Å². The Morgan fingerprint density at radius 3 is 2.62 bits per heavy atom. The van der Waals surface area contributed by atoms with Gasteiger partial charge in [-0.25, -0.2) is 4.98 Å². The van der Waals surface area contributed by atoms with Crippen molar-refractivity contribution in [3.8, 4) is 5.75 Å². The van der Waals surface area contributed by atoms with Crippen LogP contribution >= 0.6 is 11.6 Å². The summed E-state index contributed by atoms with van der Waals surface area (Å²) in [6.07, 6.45) is -3.34. The zero-order chi connectivity index (χ0) is 21.4. The molecule has 0 saturated carbocycles. The van der Waals surface area contributed by atoms with Crippen LogP contribution in [0.15, 0.2) is 36.5 Å². The second-order valence-corrected chi connectivity index (χ2v) is 6.12. The summed E-state index contributed by atoms with van der Waals surface area (Å²) < 4.78 is 45.3. The van der Waals surface area contributed by atoms with Crippen LogP contribution in [0.25, 0.3) is 0 Å². The number of pyridine rings is 1. The Bertz CT molecular complexity index is 878. The molecule has 1 aromatic heterocycles. The van der Waals surface area contributed by atoms with E-state index in [1.807, 2.05) is 0 Å². The minimum absolute atomic E-state index is 0.0769. The van der Waals surface area contributed by atoms with Gasteiger partial charge in [0.25, 0.3) is 5.91 Å². The fourth-order valence-electron chi connectivity index (χ4n) is 2.16. The molecule has 0 saturated heterocycles. The third kappa shape index (κ3) is 7.96. The number of carbonyl (C=O) groups excluding carboxylic acids is 2. The minimum Gasteiger partial charge on any atom is -0.490 e. The summed E-state index contributed by atoms with van der Waals surface area (Å²) in [5.74, 6) is -0.194. The number of aromatic nitrogens is 1. The summed E-state index contributed by atoms with van der Waals surface area (Å²) in [5, 5.41) is 5.22. The van der Waals surface area contributed by atoms with Crippen LogP contribution in [0.2, 0.25) is 5.02 Å². The molecular formula is C18H17ClF3N3O4. The zero-order valence-corrected chi connectivity index (χ0v) is 15.9. The van der Waals surface area contributed by atoms with Crippen molar-refractivity contribution in [3.63, 3.8) is 0 Å². The minimum atomic E-state index is -4.72. The summed E-state index contributed by atoms with van der Waals surface area (Å²) in [7, 11) is 0. The lowest BCUT2D eigenvalue weighted by Crippen LogP contribution is -2.28. The SMILES string of the molecule is CC(=O)Nc1cc(C(=O)NCCOc2ccc(COC(F)(F)F)cc2Cl)ccn1. The van der Waals surface area contributed by atoms with Crippen molar-refractivity contribution in [2.24, 2.45) is 0 Å². The van der Waals surface area contributed by atoms with Crippen LogP contribution in [0.4, 0.5) is 19.0 Å². The van der Waals surface area contributed by atoms with Gasteiger partial charge >= 0.3 is 6.36 Å². The maximum Gasteiger partial charge on any atom is 0.522 e. The first-order valence-corrected chi connectivity index (χ1v) is 8.65. The standard InChI is InChI=1S/C18H17ClF3N3O4/c1-11(26)25-16-9-13(4-5-23-16)17(27)24-6-7-28-15-3-2-12(8-14(15)19)10-29-18(20,21)22/h2-5,8-9H,6-7,10H2,1H3,(H,24,27)(H,23,25,26). The second kappa shape index (κ2) is 10.1. The fourth-order valence-corrected chi connectivity index (χ4v) is 2.42. The van der Waals surface area contributed by atoms with Crippen LogP contribution in [0, 0.1) is 0 Å². The van der Waals surface area contributed by atoms with Gasteiger partial charge in [-0.05, 0) is 29.8 Å². The maximum absolute atomic E-state index is 12.1. The summed E-state index contributed by atoms with van der Waals surface area (Å²) in [6, 6.07) is 7.03. The molecule has 0 aliphatic rings. The van der Waals surface area contributed by atoms with E-state index in [1.54, 1.807) is 0 Å². The molecule has 1 heterocycles. The predicted octanol–water partition coefficient (Wildman–Crippen LogP) is 3.54. The molecule has 2 rings (SSSR count). The molecule has 0 unspecified atom stereocenters. The maximum atomic E-state index is 12.1. The van der Waals surface area contributed by atoms with Gasteiger partial charge in [0.15, 0.2) is 0 Å². The molecule has 0 bridgehead atoms. The van der Waals surface area contributed by atoms with E-state index in [1.165, 1.54) is 43.5 Å². The summed E-state index contributed by atoms with van der Waals surface area (Å²) in [5.41, 5.74) is 0.538. The predicted molar refractivity (Wildman–Crippen MR) is 98.7 cm³/mol. The number of hydrogen-bond donors (Lipinski definition) is 2. The van der Waals surface area contributed by atoms with Gasteiger partial charge < -0.3 is 15.4 Å². The number of hydrogen-bond acceptors (Lipinski definition) is 5. The summed E-state index contributed by atoms with van der Waals surface area (Å²) in [4.78, 5) is 27.1. The van der Waals surface area contributed by atoms with E-state index in [4.69, 9.17) is 16.3 Å². The Morgan fingerprint density at radius 1 is 1.21 bits per heavy atom. The van der Waals surface area contributed by atoms with Crippen LogP contribution in [0.5, 0.6) is 5.75 Å². The van der Waals surface area contributed by atoms with Gasteiger partial charge in [0.05, 0.1) is 18.2 Å². The van der Waals surface area contributed by atoms with Gasteiger partial charge in [-0.2, -0.15) is 0 Å². The monoisotopic (exact) mass is 431 g/mol. The average molecular weight is 432 g/mol. The van der Waals surface area contributed by atoms with Crippen LogP contribution in [-0.4, -0.2) is 36.3 Å². The highest BCUT2D eigenvalue weighted by molar-refractivity contribution is 6.32. The van der Waals surface area contributed by atoms with Crippen molar-refractivity contribution in [2.75, 3.05) is 18.5 Å². The molecule has 2 aromatic rings. The second-order valence-electron chi connectivity index (χ2n) is 5.71. The third-order valence-corrected chi connectivity index (χ3v) is 3.67. The molecule has 2 N–H and O–H groups in total. The van der Waals surface area contributed by atoms with E-state index in [9.17, 15) is 22.8 Å². The topological polar surface area (TPSA) is 89.6 Å². The first-order valence-electron chi connectivity index (χ1n) is 8.28. The molecule has 29 heavy (non-hydrogen) atoms. The number of amides is 2. The van der Waals surface area contributed by atoms with Crippen molar-refractivity contribution in [2.45, 2.75) is 19.9 Å². The van der Waals surface area contributed by atoms with Crippen LogP contribution in [0.1, 0.15) is 22.8 Å². The molecule has 7 nitrogen and oxygen atoms in total. The lowest BCUT2D eigenvalue weighted by Gasteiger charge is -2.11. The number of alkyl halides is 3. The number of nitrogens with one attached hydrogen (secondary N) is 2. The highest BCUT2D eigenvalue weighted by Gasteiger charge is 2.29. The highest BCUT2D eigenvalue weighted by Crippen LogP contribution is 2.27. The third-order valence-electron chi connectivity index (χ3n) is 3.37. The van der Waals surface area contributed by atoms with Gasteiger partial charge in [-0.15, -0.1) is 13.2 Å². The van der Waals surface area contributed by atoms with E-state index in [0.29, 0.717) is 5.56 Å². The van der Waals surface area contributed by atoms with Crippen molar-refractivity contribution in [1.29, 1.82) is 0 Å². The van der Waals surface area contributed by atoms with E-state index < -0.39 is 18.9 Å². The fraction of sp³-hybridized carbons (Fsp3) is 0.278. The molecule has 156 valence electrons. The number of halogens is 4. The van der Waals surface area contributed by atoms with Gasteiger partial charge in [0.2, 0.25) is 5.91 Å². The lowest BCUT2D eigenvalue weighted by molar-refractivity contribution is -0.330. The summed E-state index contributed by atoms with van der Waals surface area (Å²) >= 11 is 5.99. The molecule has 0 aliphatic carbocycles. The molecule has 0 spiro atoms. The van der Waals surface area contributed by atoms with Crippen LogP contribution in [-0.2, 0) is 16.1 Å². The van der Waals surface area contributed by atoms with Crippen LogP contribution in [0.3, 0.4) is 0 Å². The lowest BCUT2D eigenvalue weighted by atomic mass is 10.2. The molecule has 11 heteroatoms. The summed E-state index contributed by atoms with van der Waals surface area (Å²) in [6.45, 7) is 0.887. The van der Waals surface area contributed by atoms with Crippen molar-refractivity contribution < 1.29 is 32.2 Å². The molecule has 0 fully saturated rings. The zero-order valence-electron chi connectivity index (χ0n) is 15.2. The Kier molecular flexibility index (Phi) is 7.80. The van der Waals surface area contributed by atoms with Gasteiger partial charge in [-0.3, -0.25) is 14.3 Å². The number of carbonyl (C=O) groups is 2. The highest BCUT2D eigenvalue weighted by atomic mass is 35.5. The van der Waals surface area contributed by atoms with Crippen molar-refractivity contribution in [3.05, 3.63) is 52.7 Å². The number of nitrogens with zero attached hydrogens (tertiary/aromatic N) is 1. The quantitative estimate of drug-likeness (QED) is 0.624. The van der Waals surface area contributed by atoms with Gasteiger partial charge in [-0.1, -0.05) is 17.7 Å². The first kappa shape index (κ1) is 22.4. The number of benzene rings is 1. The van der Waals surface area contributed by atoms with E-state index in [-0.39, 0.29) is 41.2 Å². The largest absolute Gasteiger partial charge is 0.522 e. The van der Waals surface area contributed by atoms with E-state index >= 15 is 0 Å². The molecule has 0 radical (unpaired) electrons.